The van der Waals surface area contributed by atoms with Gasteiger partial charge in [0.25, 0.3) is 0 Å². The number of nitrogens with two attached hydrogens (primary N) is 1. The van der Waals surface area contributed by atoms with E-state index in [1.165, 1.54) is 0 Å². The van der Waals surface area contributed by atoms with Crippen molar-refractivity contribution in [2.24, 2.45) is 5.40 Å². The predicted molar refractivity (Wildman–Crippen MR) is 25.7 cm³/mol. The van der Waals surface area contributed by atoms with Crippen LogP contribution in [0.4, 0.5) is 0 Å². The van der Waals surface area contributed by atoms with E-state index in [1.807, 2.05) is 6.55 Å². The van der Waals surface area contributed by atoms with Crippen LogP contribution >= 0.6 is 0 Å². The van der Waals surface area contributed by atoms with E-state index < -0.39 is 0 Å². The summed E-state index contributed by atoms with van der Waals surface area (Å²) in [6.45, 7) is 2.04. The van der Waals surface area contributed by atoms with Gasteiger partial charge in [0, 0.05) is 0 Å². The van der Waals surface area contributed by atoms with Gasteiger partial charge in [-0.2, -0.15) is 0 Å². The molecule has 0 aromatic rings. The van der Waals surface area contributed by atoms with Gasteiger partial charge >= 0.3 is 18.9 Å². The van der Waals surface area contributed by atoms with Crippen LogP contribution in [0.25, 0.3) is 0 Å². The molecule has 1 nitrogen and oxygen atoms in total. The van der Waals surface area contributed by atoms with Gasteiger partial charge < -0.3 is 5.40 Å². The number of rotatable bonds is 0. The van der Waals surface area contributed by atoms with E-state index in [1.54, 1.807) is 0 Å². The van der Waals surface area contributed by atoms with Crippen LogP contribution in [-0.4, -0.2) is 28.5 Å². The maximum absolute atomic E-state index is 4.99. The number of hydrogen-bond donors (Lipinski definition) is 1. The minimum atomic E-state index is -0.0833. The van der Waals surface area contributed by atoms with Crippen LogP contribution in [0.1, 0.15) is 0 Å². The van der Waals surface area contributed by atoms with E-state index in [-0.39, 0.29) is 28.5 Å². The fraction of sp³-hybridized carbons (Fsp3) is 1.00. The molecule has 0 bridgehead atoms. The summed E-state index contributed by atoms with van der Waals surface area (Å²) in [4.78, 5) is 0. The Morgan fingerprint density at radius 1 is 1.75 bits per heavy atom. The molecule has 0 saturated carbocycles. The third-order valence-electron chi connectivity index (χ3n) is 0. The van der Waals surface area contributed by atoms with Crippen LogP contribution in [0, 0.1) is 0 Å². The first-order chi connectivity index (χ1) is 1.41. The first kappa shape index (κ1) is 8.84. The van der Waals surface area contributed by atoms with Gasteiger partial charge in [-0.25, -0.2) is 0 Å². The van der Waals surface area contributed by atoms with Crippen LogP contribution in [-0.2, 0) is 0 Å². The third kappa shape index (κ3) is 14.6. The van der Waals surface area contributed by atoms with Crippen LogP contribution in [0.2, 0.25) is 6.55 Å². The van der Waals surface area contributed by atoms with Crippen LogP contribution < -0.4 is 5.40 Å². The Balaban J connectivity index is 0. The van der Waals surface area contributed by atoms with Crippen molar-refractivity contribution < 1.29 is 0 Å². The van der Waals surface area contributed by atoms with E-state index in [0.717, 1.165) is 0 Å². The van der Waals surface area contributed by atoms with Crippen molar-refractivity contribution in [3.8, 4) is 0 Å². The maximum atomic E-state index is 4.99. The molecule has 0 heterocycles. The Labute approximate surface area is 41.0 Å². The summed E-state index contributed by atoms with van der Waals surface area (Å²) in [5, 5.41) is 4.99. The summed E-state index contributed by atoms with van der Waals surface area (Å²) < 4.78 is 0. The second-order valence-corrected chi connectivity index (χ2v) is 1.22. The molecule has 0 unspecified atom stereocenters. The molecule has 0 aliphatic rings. The van der Waals surface area contributed by atoms with E-state index in [2.05, 4.69) is 0 Å². The molecule has 0 atom stereocenters. The third-order valence-corrected chi connectivity index (χ3v) is 0. The van der Waals surface area contributed by atoms with Crippen molar-refractivity contribution in [2.45, 2.75) is 6.55 Å². The molecule has 0 aliphatic heterocycles. The van der Waals surface area contributed by atoms with Crippen molar-refractivity contribution in [1.29, 1.82) is 0 Å². The summed E-state index contributed by atoms with van der Waals surface area (Å²) in [6.07, 6.45) is 0. The molecule has 3 heteroatoms. The molecule has 0 radical (unpaired) electrons. The standard InChI is InChI=1S/CH7NSi.Li.H/c1-3-2;;/h2-3H2,1H3;;. The van der Waals surface area contributed by atoms with Gasteiger partial charge in [0.1, 0.15) is 0 Å². The van der Waals surface area contributed by atoms with Gasteiger partial charge in [-0.05, 0) is 0 Å². The molecule has 0 aliphatic carbocycles. The van der Waals surface area contributed by atoms with Crippen molar-refractivity contribution in [2.75, 3.05) is 0 Å². The molecular formula is CH8LiNSi. The SMILES string of the molecule is C[SiH2]N.[LiH]. The van der Waals surface area contributed by atoms with Crippen LogP contribution in [0.5, 0.6) is 0 Å². The van der Waals surface area contributed by atoms with E-state index in [0.29, 0.717) is 0 Å². The van der Waals surface area contributed by atoms with Gasteiger partial charge in [-0.1, -0.05) is 6.55 Å². The molecule has 22 valence electrons. The van der Waals surface area contributed by atoms with Gasteiger partial charge in [-0.15, -0.1) is 0 Å². The summed E-state index contributed by atoms with van der Waals surface area (Å²) in [5.41, 5.74) is 0. The Kier molecular flexibility index (Phi) is 20.4. The fourth-order valence-corrected chi connectivity index (χ4v) is 0. The van der Waals surface area contributed by atoms with Crippen molar-refractivity contribution in [1.82, 2.24) is 0 Å². The van der Waals surface area contributed by atoms with Gasteiger partial charge in [0.2, 0.25) is 0 Å². The molecule has 4 heavy (non-hydrogen) atoms. The minimum absolute atomic E-state index is 0. The van der Waals surface area contributed by atoms with Gasteiger partial charge in [-0.3, -0.25) is 0 Å². The molecular weight excluding hydrogens is 61.0 g/mol. The molecule has 0 amide bonds. The first-order valence-corrected chi connectivity index (χ1v) is 3.35. The van der Waals surface area contributed by atoms with E-state index >= 15 is 0 Å². The second kappa shape index (κ2) is 9.23. The summed E-state index contributed by atoms with van der Waals surface area (Å²) in [6, 6.07) is 0. The Morgan fingerprint density at radius 3 is 1.75 bits per heavy atom. The van der Waals surface area contributed by atoms with Crippen molar-refractivity contribution >= 4 is 28.5 Å². The average molecular weight is 69.1 g/mol. The molecule has 0 aromatic heterocycles. The van der Waals surface area contributed by atoms with Gasteiger partial charge in [0.15, 0.2) is 0 Å². The molecule has 0 fully saturated rings. The van der Waals surface area contributed by atoms with Crippen LogP contribution in [0.15, 0.2) is 0 Å². The molecule has 0 rings (SSSR count). The normalized spacial score (nSPS) is 7.50. The summed E-state index contributed by atoms with van der Waals surface area (Å²) in [7, 11) is -0.0833. The Bertz CT molecular complexity index is 8.00. The van der Waals surface area contributed by atoms with Crippen LogP contribution in [0.3, 0.4) is 0 Å². The molecule has 0 aromatic carbocycles. The second-order valence-electron chi connectivity index (χ2n) is 0.408. The number of hydrogen-bond acceptors (Lipinski definition) is 1. The quantitative estimate of drug-likeness (QED) is 0.342. The molecule has 0 saturated heterocycles. The topological polar surface area (TPSA) is 26.0 Å². The summed E-state index contributed by atoms with van der Waals surface area (Å²) in [5.74, 6) is 0. The summed E-state index contributed by atoms with van der Waals surface area (Å²) >= 11 is 0. The van der Waals surface area contributed by atoms with Crippen molar-refractivity contribution in [3.63, 3.8) is 0 Å². The van der Waals surface area contributed by atoms with Crippen molar-refractivity contribution in [3.05, 3.63) is 0 Å². The molecule has 0 spiro atoms. The van der Waals surface area contributed by atoms with E-state index in [4.69, 9.17) is 5.40 Å². The Hall–Kier alpha value is 0.774. The predicted octanol–water partition coefficient (Wildman–Crippen LogP) is -1.57. The average Bonchev–Trinajstić information content (AvgIpc) is 0.918. The first-order valence-electron chi connectivity index (χ1n) is 1.12. The molecule has 2 N–H and O–H groups in total. The fourth-order valence-electron chi connectivity index (χ4n) is 0. The Morgan fingerprint density at radius 2 is 1.75 bits per heavy atom. The van der Waals surface area contributed by atoms with Gasteiger partial charge in [0.05, 0.1) is 9.68 Å². The zero-order valence-electron chi connectivity index (χ0n) is 2.28. The van der Waals surface area contributed by atoms with E-state index in [9.17, 15) is 0 Å². The zero-order chi connectivity index (χ0) is 2.71. The monoisotopic (exact) mass is 69.1 g/mol. The zero-order valence-corrected chi connectivity index (χ0v) is 3.70.